The Hall–Kier alpha value is -0.920. The van der Waals surface area contributed by atoms with Gasteiger partial charge in [0.15, 0.2) is 0 Å². The lowest BCUT2D eigenvalue weighted by atomic mass is 10.1. The largest absolute Gasteiger partial charge is 0.317 e. The van der Waals surface area contributed by atoms with Crippen molar-refractivity contribution in [2.75, 3.05) is 26.7 Å². The Morgan fingerprint density at radius 1 is 1.43 bits per heavy atom. The van der Waals surface area contributed by atoms with E-state index in [0.717, 1.165) is 32.5 Å². The van der Waals surface area contributed by atoms with E-state index < -0.39 is 10.0 Å². The van der Waals surface area contributed by atoms with Crippen LogP contribution in [0.2, 0.25) is 0 Å². The number of hydrogen-bond donors (Lipinski definition) is 1. The maximum Gasteiger partial charge on any atom is 0.245 e. The molecule has 0 aliphatic carbocycles. The van der Waals surface area contributed by atoms with E-state index in [1.807, 2.05) is 0 Å². The lowest BCUT2D eigenvalue weighted by molar-refractivity contribution is 0.428. The lowest BCUT2D eigenvalue weighted by Gasteiger charge is -2.16. The summed E-state index contributed by atoms with van der Waals surface area (Å²) in [6.07, 6.45) is 4.84. The Kier molecular flexibility index (Phi) is 7.34. The summed E-state index contributed by atoms with van der Waals surface area (Å²) in [5, 5.41) is 7.37. The third-order valence-electron chi connectivity index (χ3n) is 3.33. The third kappa shape index (κ3) is 5.76. The molecule has 0 saturated heterocycles. The van der Waals surface area contributed by atoms with Crippen LogP contribution in [-0.4, -0.2) is 49.2 Å². The zero-order valence-electron chi connectivity index (χ0n) is 13.5. The molecule has 0 aliphatic heterocycles. The van der Waals surface area contributed by atoms with E-state index in [4.69, 9.17) is 0 Å². The van der Waals surface area contributed by atoms with Crippen LogP contribution in [0.15, 0.2) is 17.3 Å². The monoisotopic (exact) mass is 316 g/mol. The minimum absolute atomic E-state index is 0.275. The maximum absolute atomic E-state index is 12.4. The SMILES string of the molecule is CCNCCCn1cc(S(=O)(=O)N(C)CCC(C)C)cn1. The predicted octanol–water partition coefficient (Wildman–Crippen LogP) is 1.55. The highest BCUT2D eigenvalue weighted by Gasteiger charge is 2.22. The molecule has 1 rings (SSSR count). The van der Waals surface area contributed by atoms with Crippen LogP contribution < -0.4 is 5.32 Å². The van der Waals surface area contributed by atoms with Crippen molar-refractivity contribution in [3.05, 3.63) is 12.4 Å². The first-order chi connectivity index (χ1) is 9.87. The first-order valence-corrected chi connectivity index (χ1v) is 9.01. The van der Waals surface area contributed by atoms with Gasteiger partial charge in [-0.2, -0.15) is 5.10 Å². The second kappa shape index (κ2) is 8.51. The molecule has 0 amide bonds. The van der Waals surface area contributed by atoms with Gasteiger partial charge in [-0.15, -0.1) is 0 Å². The molecule has 0 bridgehead atoms. The van der Waals surface area contributed by atoms with Gasteiger partial charge in [0.25, 0.3) is 0 Å². The van der Waals surface area contributed by atoms with Gasteiger partial charge in [0.2, 0.25) is 10.0 Å². The smallest absolute Gasteiger partial charge is 0.245 e. The molecule has 0 atom stereocenters. The zero-order chi connectivity index (χ0) is 15.9. The van der Waals surface area contributed by atoms with E-state index in [1.165, 1.54) is 10.5 Å². The summed E-state index contributed by atoms with van der Waals surface area (Å²) in [6, 6.07) is 0. The van der Waals surface area contributed by atoms with Crippen molar-refractivity contribution in [1.82, 2.24) is 19.4 Å². The van der Waals surface area contributed by atoms with Gasteiger partial charge in [0, 0.05) is 26.3 Å². The number of aryl methyl sites for hydroxylation is 1. The Balaban J connectivity index is 2.61. The van der Waals surface area contributed by atoms with Gasteiger partial charge < -0.3 is 5.32 Å². The predicted molar refractivity (Wildman–Crippen MR) is 84.7 cm³/mol. The van der Waals surface area contributed by atoms with Crippen molar-refractivity contribution in [2.24, 2.45) is 5.92 Å². The van der Waals surface area contributed by atoms with E-state index in [-0.39, 0.29) is 4.90 Å². The molecule has 1 heterocycles. The summed E-state index contributed by atoms with van der Waals surface area (Å²) in [5.74, 6) is 0.483. The van der Waals surface area contributed by atoms with Crippen LogP contribution in [0.4, 0.5) is 0 Å². The number of rotatable bonds is 10. The topological polar surface area (TPSA) is 67.2 Å². The normalized spacial score (nSPS) is 12.5. The quantitative estimate of drug-likeness (QED) is 0.665. The molecule has 1 aromatic heterocycles. The molecule has 0 radical (unpaired) electrons. The summed E-state index contributed by atoms with van der Waals surface area (Å²) in [4.78, 5) is 0.275. The van der Waals surface area contributed by atoms with Gasteiger partial charge in [0.1, 0.15) is 4.90 Å². The average molecular weight is 316 g/mol. The fourth-order valence-electron chi connectivity index (χ4n) is 1.88. The van der Waals surface area contributed by atoms with Crippen LogP contribution in [-0.2, 0) is 16.6 Å². The number of aromatic nitrogens is 2. The highest BCUT2D eigenvalue weighted by Crippen LogP contribution is 2.14. The second-order valence-corrected chi connectivity index (χ2v) is 7.70. The molecule has 1 N–H and O–H groups in total. The zero-order valence-corrected chi connectivity index (χ0v) is 14.4. The average Bonchev–Trinajstić information content (AvgIpc) is 2.90. The summed E-state index contributed by atoms with van der Waals surface area (Å²) in [7, 11) is -1.79. The van der Waals surface area contributed by atoms with E-state index in [1.54, 1.807) is 17.9 Å². The van der Waals surface area contributed by atoms with Crippen LogP contribution in [0.3, 0.4) is 0 Å². The fourth-order valence-corrected chi connectivity index (χ4v) is 3.02. The van der Waals surface area contributed by atoms with Crippen LogP contribution >= 0.6 is 0 Å². The molecule has 6 nitrogen and oxygen atoms in total. The van der Waals surface area contributed by atoms with Crippen molar-refractivity contribution >= 4 is 10.0 Å². The molecule has 122 valence electrons. The second-order valence-electron chi connectivity index (χ2n) is 5.66. The van der Waals surface area contributed by atoms with E-state index in [2.05, 4.69) is 31.2 Å². The minimum atomic E-state index is -3.41. The number of hydrogen-bond acceptors (Lipinski definition) is 4. The minimum Gasteiger partial charge on any atom is -0.317 e. The Bertz CT molecular complexity index is 511. The Morgan fingerprint density at radius 2 is 2.14 bits per heavy atom. The number of nitrogens with zero attached hydrogens (tertiary/aromatic N) is 3. The molecule has 0 saturated carbocycles. The first kappa shape index (κ1) is 18.1. The lowest BCUT2D eigenvalue weighted by Crippen LogP contribution is -2.28. The molecule has 7 heteroatoms. The molecule has 21 heavy (non-hydrogen) atoms. The molecule has 0 spiro atoms. The van der Waals surface area contributed by atoms with Gasteiger partial charge in [-0.1, -0.05) is 20.8 Å². The number of sulfonamides is 1. The van der Waals surface area contributed by atoms with Crippen LogP contribution in [0.5, 0.6) is 0 Å². The molecule has 0 aliphatic rings. The third-order valence-corrected chi connectivity index (χ3v) is 5.14. The van der Waals surface area contributed by atoms with Crippen molar-refractivity contribution in [3.8, 4) is 0 Å². The Morgan fingerprint density at radius 3 is 2.76 bits per heavy atom. The van der Waals surface area contributed by atoms with Crippen LogP contribution in [0, 0.1) is 5.92 Å². The van der Waals surface area contributed by atoms with Crippen molar-refractivity contribution in [3.63, 3.8) is 0 Å². The fraction of sp³-hybridized carbons (Fsp3) is 0.786. The molecule has 1 aromatic rings. The summed E-state index contributed by atoms with van der Waals surface area (Å²) in [5.41, 5.74) is 0. The van der Waals surface area contributed by atoms with Gasteiger partial charge in [0.05, 0.1) is 6.20 Å². The number of nitrogens with one attached hydrogen (secondary N) is 1. The van der Waals surface area contributed by atoms with Gasteiger partial charge >= 0.3 is 0 Å². The molecule has 0 fully saturated rings. The van der Waals surface area contributed by atoms with Crippen molar-refractivity contribution in [1.29, 1.82) is 0 Å². The van der Waals surface area contributed by atoms with Gasteiger partial charge in [-0.25, -0.2) is 12.7 Å². The molecular weight excluding hydrogens is 288 g/mol. The molecule has 0 aromatic carbocycles. The van der Waals surface area contributed by atoms with E-state index in [0.29, 0.717) is 12.5 Å². The highest BCUT2D eigenvalue weighted by molar-refractivity contribution is 7.89. The Labute approximate surface area is 128 Å². The summed E-state index contributed by atoms with van der Waals surface area (Å²) in [6.45, 7) is 9.34. The highest BCUT2D eigenvalue weighted by atomic mass is 32.2. The van der Waals surface area contributed by atoms with Crippen molar-refractivity contribution in [2.45, 2.75) is 45.1 Å². The van der Waals surface area contributed by atoms with E-state index >= 15 is 0 Å². The van der Waals surface area contributed by atoms with Crippen molar-refractivity contribution < 1.29 is 8.42 Å². The molecular formula is C14H28N4O2S. The first-order valence-electron chi connectivity index (χ1n) is 7.57. The van der Waals surface area contributed by atoms with Gasteiger partial charge in [-0.05, 0) is 31.8 Å². The summed E-state index contributed by atoms with van der Waals surface area (Å²) >= 11 is 0. The van der Waals surface area contributed by atoms with Crippen LogP contribution in [0.1, 0.15) is 33.6 Å². The standard InChI is InChI=1S/C14H28N4O2S/c1-5-15-8-6-9-18-12-14(11-16-18)21(19,20)17(4)10-7-13(2)3/h11-13,15H,5-10H2,1-4H3. The van der Waals surface area contributed by atoms with Crippen LogP contribution in [0.25, 0.3) is 0 Å². The van der Waals surface area contributed by atoms with E-state index in [9.17, 15) is 8.42 Å². The maximum atomic E-state index is 12.4. The summed E-state index contributed by atoms with van der Waals surface area (Å²) < 4.78 is 27.9. The van der Waals surface area contributed by atoms with Gasteiger partial charge in [-0.3, -0.25) is 4.68 Å². The molecule has 0 unspecified atom stereocenters.